The third-order valence-electron chi connectivity index (χ3n) is 10.3. The standard InChI is InChI=1S/C27H25ClN2O4.C24H24BrClO3/c1-15-21(17-13-29-26(33)30-14-17)19-7-5-6-8-20(19)23(16-9-11-18(28)12-10-16)22(15)24(25(31)32)34-27(2,3)4;1-14-19(22(23(27)28-5)29-24(2,3)4)20(15-10-12-16(26)13-11-15)17-8-6-7-9-18(17)21(14)25/h5-14,24H,1-4H3,(H,31,32)(H,29,30,33);6-13,22H,1-5H3. The molecule has 0 aliphatic carbocycles. The number of methoxy groups -OCH3 is 1. The van der Waals surface area contributed by atoms with Crippen LogP contribution in [0.15, 0.2) is 119 Å². The summed E-state index contributed by atoms with van der Waals surface area (Å²) in [7, 11) is 1.38. The summed E-state index contributed by atoms with van der Waals surface area (Å²) in [6.45, 7) is 15.1. The average molecular weight is 953 g/mol. The number of carboxylic acid groups (broad SMARTS) is 1. The number of carbonyl (C=O) groups excluding carboxylic acids is 1. The number of benzene rings is 6. The van der Waals surface area contributed by atoms with Crippen LogP contribution in [0.5, 0.6) is 0 Å². The SMILES string of the molecule is COC(=O)C(OC(C)(C)C)c1c(C)c(Br)c2ccccc2c1-c1ccc(Cl)cc1.Cc1c(C(OC(C)(C)C)C(=O)O)c(-c2ccc(Cl)cc2)c2ccccc2c1-c1cnc(=O)[nH]c1. The third-order valence-corrected chi connectivity index (χ3v) is 11.8. The topological polar surface area (TPSA) is 128 Å². The first-order chi connectivity index (χ1) is 29.7. The molecule has 12 heteroatoms. The molecule has 7 rings (SSSR count). The maximum absolute atomic E-state index is 12.8. The van der Waals surface area contributed by atoms with Crippen LogP contribution in [0.2, 0.25) is 10.0 Å². The number of aliphatic carboxylic acids is 1. The van der Waals surface area contributed by atoms with Crippen molar-refractivity contribution in [2.24, 2.45) is 0 Å². The van der Waals surface area contributed by atoms with E-state index >= 15 is 0 Å². The van der Waals surface area contributed by atoms with Crippen LogP contribution in [0.4, 0.5) is 0 Å². The van der Waals surface area contributed by atoms with Gasteiger partial charge in [0.15, 0.2) is 12.2 Å². The van der Waals surface area contributed by atoms with Crippen molar-refractivity contribution in [3.05, 3.63) is 157 Å². The van der Waals surface area contributed by atoms with E-state index in [1.807, 2.05) is 128 Å². The quantitative estimate of drug-likeness (QED) is 0.137. The number of aromatic nitrogens is 2. The fourth-order valence-electron chi connectivity index (χ4n) is 7.77. The molecule has 326 valence electrons. The average Bonchev–Trinajstić information content (AvgIpc) is 3.23. The molecule has 2 unspecified atom stereocenters. The van der Waals surface area contributed by atoms with Gasteiger partial charge in [0.05, 0.1) is 18.3 Å². The molecule has 0 amide bonds. The smallest absolute Gasteiger partial charge is 0.344 e. The van der Waals surface area contributed by atoms with Gasteiger partial charge in [0.2, 0.25) is 0 Å². The Kier molecular flexibility index (Phi) is 14.3. The minimum absolute atomic E-state index is 0.430. The van der Waals surface area contributed by atoms with Crippen LogP contribution in [0.25, 0.3) is 54.9 Å². The molecule has 2 atom stereocenters. The number of nitrogens with zero attached hydrogens (tertiary/aromatic N) is 1. The Balaban J connectivity index is 0.000000213. The number of nitrogens with one attached hydrogen (secondary N) is 1. The number of rotatable bonds is 9. The molecule has 0 saturated heterocycles. The van der Waals surface area contributed by atoms with Crippen LogP contribution in [-0.2, 0) is 23.8 Å². The molecule has 0 aliphatic heterocycles. The molecule has 1 heterocycles. The molecule has 6 aromatic carbocycles. The number of hydrogen-bond donors (Lipinski definition) is 2. The number of ether oxygens (including phenoxy) is 3. The fraction of sp³-hybridized carbons (Fsp3) is 0.255. The predicted molar refractivity (Wildman–Crippen MR) is 257 cm³/mol. The van der Waals surface area contributed by atoms with Crippen LogP contribution >= 0.6 is 39.1 Å². The number of esters is 1. The Hall–Kier alpha value is -5.36. The van der Waals surface area contributed by atoms with Gasteiger partial charge in [-0.1, -0.05) is 96.0 Å². The van der Waals surface area contributed by atoms with Crippen molar-refractivity contribution in [2.75, 3.05) is 7.11 Å². The normalized spacial score (nSPS) is 12.7. The maximum Gasteiger partial charge on any atom is 0.344 e. The molecule has 0 spiro atoms. The minimum atomic E-state index is -1.23. The molecule has 0 bridgehead atoms. The highest BCUT2D eigenvalue weighted by atomic mass is 79.9. The Morgan fingerprint density at radius 3 is 1.51 bits per heavy atom. The fourth-order valence-corrected chi connectivity index (χ4v) is 8.58. The minimum Gasteiger partial charge on any atom is -0.479 e. The highest BCUT2D eigenvalue weighted by Crippen LogP contribution is 2.47. The summed E-state index contributed by atoms with van der Waals surface area (Å²) >= 11 is 16.0. The van der Waals surface area contributed by atoms with E-state index in [1.165, 1.54) is 13.3 Å². The van der Waals surface area contributed by atoms with Crippen molar-refractivity contribution >= 4 is 72.6 Å². The number of H-pyrrole nitrogens is 1. The van der Waals surface area contributed by atoms with Crippen molar-refractivity contribution in [3.63, 3.8) is 0 Å². The molecule has 9 nitrogen and oxygen atoms in total. The summed E-state index contributed by atoms with van der Waals surface area (Å²) in [4.78, 5) is 43.6. The monoisotopic (exact) mass is 950 g/mol. The zero-order valence-electron chi connectivity index (χ0n) is 36.5. The number of aromatic amines is 1. The van der Waals surface area contributed by atoms with E-state index in [0.717, 1.165) is 70.5 Å². The first kappa shape index (κ1) is 47.1. The number of fused-ring (bicyclic) bond motifs is 2. The van der Waals surface area contributed by atoms with Gasteiger partial charge in [0, 0.05) is 43.6 Å². The summed E-state index contributed by atoms with van der Waals surface area (Å²) in [6.07, 6.45) is 0.993. The lowest BCUT2D eigenvalue weighted by molar-refractivity contribution is -0.164. The lowest BCUT2D eigenvalue weighted by Crippen LogP contribution is -2.29. The van der Waals surface area contributed by atoms with Gasteiger partial charge < -0.3 is 24.3 Å². The first-order valence-electron chi connectivity index (χ1n) is 20.2. The molecule has 1 aromatic heterocycles. The molecule has 2 N–H and O–H groups in total. The van der Waals surface area contributed by atoms with Crippen LogP contribution in [-0.4, -0.2) is 45.3 Å². The van der Waals surface area contributed by atoms with Crippen molar-refractivity contribution in [2.45, 2.75) is 78.8 Å². The molecule has 7 aromatic rings. The molecular weight excluding hydrogens is 903 g/mol. The highest BCUT2D eigenvalue weighted by Gasteiger charge is 2.35. The molecule has 0 saturated carbocycles. The van der Waals surface area contributed by atoms with E-state index in [9.17, 15) is 19.5 Å². The van der Waals surface area contributed by atoms with Crippen LogP contribution in [0.1, 0.15) is 76.0 Å². The Bertz CT molecular complexity index is 2860. The summed E-state index contributed by atoms with van der Waals surface area (Å²) < 4.78 is 18.4. The number of halogens is 3. The largest absolute Gasteiger partial charge is 0.479 e. The third kappa shape index (κ3) is 10.5. The Labute approximate surface area is 385 Å². The summed E-state index contributed by atoms with van der Waals surface area (Å²) in [5.41, 5.74) is 6.26. The van der Waals surface area contributed by atoms with Gasteiger partial charge in [0.25, 0.3) is 0 Å². The van der Waals surface area contributed by atoms with Gasteiger partial charge in [-0.15, -0.1) is 0 Å². The van der Waals surface area contributed by atoms with Crippen LogP contribution < -0.4 is 5.69 Å². The molecule has 0 fully saturated rings. The van der Waals surface area contributed by atoms with E-state index in [1.54, 1.807) is 18.3 Å². The number of carbonyl (C=O) groups is 2. The second-order valence-electron chi connectivity index (χ2n) is 17.0. The molecule has 0 radical (unpaired) electrons. The lowest BCUT2D eigenvalue weighted by atomic mass is 9.82. The van der Waals surface area contributed by atoms with Gasteiger partial charge in [0.1, 0.15) is 0 Å². The first-order valence-corrected chi connectivity index (χ1v) is 21.7. The summed E-state index contributed by atoms with van der Waals surface area (Å²) in [5, 5.41) is 15.4. The van der Waals surface area contributed by atoms with Gasteiger partial charge in [-0.2, -0.15) is 0 Å². The highest BCUT2D eigenvalue weighted by molar-refractivity contribution is 9.10. The van der Waals surface area contributed by atoms with E-state index < -0.39 is 41.0 Å². The lowest BCUT2D eigenvalue weighted by Gasteiger charge is -2.30. The van der Waals surface area contributed by atoms with E-state index in [4.69, 9.17) is 37.4 Å². The van der Waals surface area contributed by atoms with Gasteiger partial charge in [-0.25, -0.2) is 19.4 Å². The predicted octanol–water partition coefficient (Wildman–Crippen LogP) is 13.4. The second-order valence-corrected chi connectivity index (χ2v) is 18.7. The molecule has 0 aliphatic rings. The second kappa shape index (κ2) is 19.2. The van der Waals surface area contributed by atoms with Gasteiger partial charge in [-0.3, -0.25) is 0 Å². The summed E-state index contributed by atoms with van der Waals surface area (Å²) in [5.74, 6) is -1.52. The summed E-state index contributed by atoms with van der Waals surface area (Å²) in [6, 6.07) is 30.8. The van der Waals surface area contributed by atoms with Crippen molar-refractivity contribution < 1.29 is 28.9 Å². The Morgan fingerprint density at radius 2 is 1.08 bits per heavy atom. The van der Waals surface area contributed by atoms with Crippen LogP contribution in [0.3, 0.4) is 0 Å². The molecular formula is C51H49BrCl2N2O7. The zero-order valence-corrected chi connectivity index (χ0v) is 39.6. The van der Waals surface area contributed by atoms with Gasteiger partial charge >= 0.3 is 17.6 Å². The van der Waals surface area contributed by atoms with Gasteiger partial charge in [-0.05, 0) is 156 Å². The van der Waals surface area contributed by atoms with Crippen molar-refractivity contribution in [1.82, 2.24) is 9.97 Å². The number of hydrogen-bond acceptors (Lipinski definition) is 7. The van der Waals surface area contributed by atoms with Crippen LogP contribution in [0, 0.1) is 13.8 Å². The number of carboxylic acids is 1. The Morgan fingerprint density at radius 1 is 0.651 bits per heavy atom. The zero-order chi connectivity index (χ0) is 46.0. The van der Waals surface area contributed by atoms with E-state index in [0.29, 0.717) is 21.2 Å². The van der Waals surface area contributed by atoms with Crippen molar-refractivity contribution in [1.29, 1.82) is 0 Å². The van der Waals surface area contributed by atoms with E-state index in [2.05, 4.69) is 38.0 Å². The maximum atomic E-state index is 12.8. The van der Waals surface area contributed by atoms with Crippen molar-refractivity contribution in [3.8, 4) is 33.4 Å². The van der Waals surface area contributed by atoms with E-state index in [-0.39, 0.29) is 0 Å². The molecule has 63 heavy (non-hydrogen) atoms.